The SMILES string of the molecule is CC(CNC1=NCCCN1)N(C)c1ccccc1. The minimum atomic E-state index is 0.416. The minimum Gasteiger partial charge on any atom is -0.370 e. The summed E-state index contributed by atoms with van der Waals surface area (Å²) in [6, 6.07) is 10.9. The van der Waals surface area contributed by atoms with Gasteiger partial charge in [-0.15, -0.1) is 0 Å². The number of rotatable bonds is 4. The molecule has 0 radical (unpaired) electrons. The van der Waals surface area contributed by atoms with Crippen LogP contribution in [0.1, 0.15) is 13.3 Å². The fourth-order valence-electron chi connectivity index (χ4n) is 1.95. The zero-order valence-corrected chi connectivity index (χ0v) is 11.2. The fraction of sp³-hybridized carbons (Fsp3) is 0.500. The van der Waals surface area contributed by atoms with Gasteiger partial charge in [0.2, 0.25) is 0 Å². The molecular formula is C14H22N4. The lowest BCUT2D eigenvalue weighted by Gasteiger charge is -2.28. The van der Waals surface area contributed by atoms with Gasteiger partial charge in [-0.05, 0) is 25.5 Å². The normalized spacial score (nSPS) is 16.4. The summed E-state index contributed by atoms with van der Waals surface area (Å²) < 4.78 is 0. The predicted octanol–water partition coefficient (Wildman–Crippen LogP) is 1.45. The molecule has 0 bridgehead atoms. The van der Waals surface area contributed by atoms with E-state index in [1.165, 1.54) is 5.69 Å². The van der Waals surface area contributed by atoms with Crippen molar-refractivity contribution in [1.82, 2.24) is 10.6 Å². The van der Waals surface area contributed by atoms with Crippen molar-refractivity contribution >= 4 is 11.6 Å². The quantitative estimate of drug-likeness (QED) is 0.844. The molecule has 1 heterocycles. The highest BCUT2D eigenvalue weighted by atomic mass is 15.2. The molecule has 18 heavy (non-hydrogen) atoms. The van der Waals surface area contributed by atoms with Gasteiger partial charge in [-0.1, -0.05) is 18.2 Å². The summed E-state index contributed by atoms with van der Waals surface area (Å²) in [5.74, 6) is 0.939. The highest BCUT2D eigenvalue weighted by Crippen LogP contribution is 2.13. The molecule has 1 aliphatic rings. The van der Waals surface area contributed by atoms with Gasteiger partial charge in [-0.25, -0.2) is 0 Å². The second-order valence-corrected chi connectivity index (χ2v) is 4.69. The molecule has 1 aliphatic heterocycles. The summed E-state index contributed by atoms with van der Waals surface area (Å²) >= 11 is 0. The first-order valence-electron chi connectivity index (χ1n) is 6.57. The van der Waals surface area contributed by atoms with Gasteiger partial charge in [0.1, 0.15) is 0 Å². The van der Waals surface area contributed by atoms with Crippen LogP contribution in [0.15, 0.2) is 35.3 Å². The monoisotopic (exact) mass is 246 g/mol. The van der Waals surface area contributed by atoms with Crippen molar-refractivity contribution in [2.45, 2.75) is 19.4 Å². The Morgan fingerprint density at radius 1 is 1.39 bits per heavy atom. The average Bonchev–Trinajstić information content (AvgIpc) is 2.46. The van der Waals surface area contributed by atoms with Crippen molar-refractivity contribution in [3.63, 3.8) is 0 Å². The Labute approximate surface area is 109 Å². The van der Waals surface area contributed by atoms with E-state index < -0.39 is 0 Å². The molecule has 2 rings (SSSR count). The van der Waals surface area contributed by atoms with E-state index in [2.05, 4.69) is 58.8 Å². The molecule has 0 fully saturated rings. The van der Waals surface area contributed by atoms with Crippen molar-refractivity contribution in [3.8, 4) is 0 Å². The van der Waals surface area contributed by atoms with E-state index in [9.17, 15) is 0 Å². The fourth-order valence-corrected chi connectivity index (χ4v) is 1.95. The maximum atomic E-state index is 4.41. The maximum Gasteiger partial charge on any atom is 0.191 e. The molecule has 0 saturated carbocycles. The smallest absolute Gasteiger partial charge is 0.191 e. The molecule has 0 aromatic heterocycles. The molecule has 98 valence electrons. The summed E-state index contributed by atoms with van der Waals surface area (Å²) in [5.41, 5.74) is 1.24. The van der Waals surface area contributed by atoms with Gasteiger partial charge >= 0.3 is 0 Å². The molecule has 0 amide bonds. The van der Waals surface area contributed by atoms with E-state index in [1.54, 1.807) is 0 Å². The number of nitrogens with one attached hydrogen (secondary N) is 2. The van der Waals surface area contributed by atoms with Crippen molar-refractivity contribution in [2.75, 3.05) is 31.6 Å². The third-order valence-corrected chi connectivity index (χ3v) is 3.29. The van der Waals surface area contributed by atoms with Crippen molar-refractivity contribution in [1.29, 1.82) is 0 Å². The van der Waals surface area contributed by atoms with Crippen LogP contribution in [-0.2, 0) is 0 Å². The molecule has 0 saturated heterocycles. The van der Waals surface area contributed by atoms with Crippen molar-refractivity contribution in [3.05, 3.63) is 30.3 Å². The molecule has 4 heteroatoms. The Hall–Kier alpha value is -1.71. The lowest BCUT2D eigenvalue weighted by atomic mass is 10.2. The molecule has 0 spiro atoms. The van der Waals surface area contributed by atoms with Crippen LogP contribution in [0.2, 0.25) is 0 Å². The summed E-state index contributed by atoms with van der Waals surface area (Å²) in [6.07, 6.45) is 1.13. The van der Waals surface area contributed by atoms with Crippen LogP contribution >= 0.6 is 0 Å². The largest absolute Gasteiger partial charge is 0.370 e. The van der Waals surface area contributed by atoms with Gasteiger partial charge in [0.05, 0.1) is 0 Å². The Kier molecular flexibility index (Phi) is 4.45. The predicted molar refractivity (Wildman–Crippen MR) is 77.2 cm³/mol. The molecule has 1 aromatic carbocycles. The number of anilines is 1. The zero-order valence-electron chi connectivity index (χ0n) is 11.2. The lowest BCUT2D eigenvalue weighted by Crippen LogP contribution is -2.46. The van der Waals surface area contributed by atoms with E-state index in [0.717, 1.165) is 32.0 Å². The maximum absolute atomic E-state index is 4.41. The number of aliphatic imine (C=N–C) groups is 1. The molecule has 1 aromatic rings. The number of nitrogens with zero attached hydrogens (tertiary/aromatic N) is 2. The van der Waals surface area contributed by atoms with Gasteiger partial charge in [0.25, 0.3) is 0 Å². The van der Waals surface area contributed by atoms with E-state index in [4.69, 9.17) is 0 Å². The number of guanidine groups is 1. The number of likely N-dealkylation sites (N-methyl/N-ethyl adjacent to an activating group) is 1. The van der Waals surface area contributed by atoms with Gasteiger partial charge in [-0.3, -0.25) is 4.99 Å². The highest BCUT2D eigenvalue weighted by molar-refractivity contribution is 5.80. The molecular weight excluding hydrogens is 224 g/mol. The van der Waals surface area contributed by atoms with E-state index in [0.29, 0.717) is 6.04 Å². The van der Waals surface area contributed by atoms with Crippen LogP contribution in [0.4, 0.5) is 5.69 Å². The Morgan fingerprint density at radius 3 is 2.83 bits per heavy atom. The molecule has 1 atom stereocenters. The first-order valence-corrected chi connectivity index (χ1v) is 6.57. The summed E-state index contributed by atoms with van der Waals surface area (Å²) in [4.78, 5) is 6.68. The number of hydrogen-bond donors (Lipinski definition) is 2. The summed E-state index contributed by atoms with van der Waals surface area (Å²) in [7, 11) is 2.12. The van der Waals surface area contributed by atoms with Crippen LogP contribution in [0.25, 0.3) is 0 Å². The molecule has 1 unspecified atom stereocenters. The third kappa shape index (κ3) is 3.39. The topological polar surface area (TPSA) is 39.7 Å². The second-order valence-electron chi connectivity index (χ2n) is 4.69. The van der Waals surface area contributed by atoms with Crippen LogP contribution in [-0.4, -0.2) is 38.7 Å². The van der Waals surface area contributed by atoms with Crippen molar-refractivity contribution < 1.29 is 0 Å². The van der Waals surface area contributed by atoms with Gasteiger partial charge < -0.3 is 15.5 Å². The van der Waals surface area contributed by atoms with Crippen LogP contribution in [0.3, 0.4) is 0 Å². The van der Waals surface area contributed by atoms with E-state index in [1.807, 2.05) is 6.07 Å². The van der Waals surface area contributed by atoms with Gasteiger partial charge in [0.15, 0.2) is 5.96 Å². The van der Waals surface area contributed by atoms with E-state index >= 15 is 0 Å². The third-order valence-electron chi connectivity index (χ3n) is 3.29. The lowest BCUT2D eigenvalue weighted by molar-refractivity contribution is 0.633. The first-order chi connectivity index (χ1) is 8.77. The van der Waals surface area contributed by atoms with Crippen LogP contribution in [0, 0.1) is 0 Å². The number of hydrogen-bond acceptors (Lipinski definition) is 4. The van der Waals surface area contributed by atoms with Crippen molar-refractivity contribution in [2.24, 2.45) is 4.99 Å². The minimum absolute atomic E-state index is 0.416. The summed E-state index contributed by atoms with van der Waals surface area (Å²) in [6.45, 7) is 5.05. The molecule has 2 N–H and O–H groups in total. The average molecular weight is 246 g/mol. The van der Waals surface area contributed by atoms with Crippen LogP contribution in [0.5, 0.6) is 0 Å². The first kappa shape index (κ1) is 12.7. The molecule has 0 aliphatic carbocycles. The second kappa shape index (κ2) is 6.28. The van der Waals surface area contributed by atoms with E-state index in [-0.39, 0.29) is 0 Å². The Morgan fingerprint density at radius 2 is 2.17 bits per heavy atom. The summed E-state index contributed by atoms with van der Waals surface area (Å²) in [5, 5.41) is 6.64. The molecule has 4 nitrogen and oxygen atoms in total. The highest BCUT2D eigenvalue weighted by Gasteiger charge is 2.11. The standard InChI is InChI=1S/C14H22N4/c1-12(11-17-14-15-9-6-10-16-14)18(2)13-7-4-3-5-8-13/h3-5,7-8,12H,6,9-11H2,1-2H3,(H2,15,16,17). The Balaban J connectivity index is 1.84. The number of para-hydroxylation sites is 1. The van der Waals surface area contributed by atoms with Gasteiger partial charge in [0, 0.05) is 38.4 Å². The van der Waals surface area contributed by atoms with Gasteiger partial charge in [-0.2, -0.15) is 0 Å². The van der Waals surface area contributed by atoms with Crippen LogP contribution < -0.4 is 15.5 Å². The Bertz CT molecular complexity index is 388. The number of benzene rings is 1. The zero-order chi connectivity index (χ0) is 12.8.